The van der Waals surface area contributed by atoms with Gasteiger partial charge in [-0.15, -0.1) is 0 Å². The third-order valence-electron chi connectivity index (χ3n) is 7.73. The maximum atomic E-state index is 14.4. The molecule has 0 bridgehead atoms. The van der Waals surface area contributed by atoms with Gasteiger partial charge in [0.05, 0.1) is 44.2 Å². The van der Waals surface area contributed by atoms with Gasteiger partial charge in [0.2, 0.25) is 0 Å². The van der Waals surface area contributed by atoms with E-state index in [1.165, 1.54) is 28.0 Å². The fourth-order valence-corrected chi connectivity index (χ4v) is 8.19. The van der Waals surface area contributed by atoms with E-state index in [2.05, 4.69) is 38.5 Å². The predicted molar refractivity (Wildman–Crippen MR) is 201 cm³/mol. The smallest absolute Gasteiger partial charge is 0.338 e. The number of thiazole rings is 1. The van der Waals surface area contributed by atoms with E-state index in [-0.39, 0.29) is 24.3 Å². The van der Waals surface area contributed by atoms with Crippen LogP contribution in [0.4, 0.5) is 4.39 Å². The lowest BCUT2D eigenvalue weighted by Gasteiger charge is -2.25. The van der Waals surface area contributed by atoms with Crippen LogP contribution in [0.2, 0.25) is 0 Å². The van der Waals surface area contributed by atoms with Crippen LogP contribution in [0.25, 0.3) is 11.8 Å². The Bertz CT molecular complexity index is 2290. The summed E-state index contributed by atoms with van der Waals surface area (Å²) in [6, 6.07) is 24.8. The summed E-state index contributed by atoms with van der Waals surface area (Å²) in [5.74, 6) is -0.899. The molecule has 1 atom stereocenters. The minimum absolute atomic E-state index is 0.116. The molecule has 0 spiro atoms. The van der Waals surface area contributed by atoms with Gasteiger partial charge in [-0.25, -0.2) is 19.0 Å². The normalized spacial score (nSPS) is 14.2. The van der Waals surface area contributed by atoms with Crippen molar-refractivity contribution in [2.75, 3.05) is 13.2 Å². The van der Waals surface area contributed by atoms with E-state index in [0.29, 0.717) is 49.6 Å². The van der Waals surface area contributed by atoms with Gasteiger partial charge in [-0.3, -0.25) is 9.36 Å². The second kappa shape index (κ2) is 15.7. The summed E-state index contributed by atoms with van der Waals surface area (Å²) < 4.78 is 34.4. The molecule has 5 aromatic rings. The molecule has 0 amide bonds. The largest absolute Gasteiger partial charge is 0.487 e. The average Bonchev–Trinajstić information content (AvgIpc) is 3.42. The number of rotatable bonds is 10. The van der Waals surface area contributed by atoms with Crippen molar-refractivity contribution >= 4 is 73.6 Å². The highest BCUT2D eigenvalue weighted by molar-refractivity contribution is 14.1. The molecule has 0 unspecified atom stereocenters. The topological polar surface area (TPSA) is 96.2 Å². The van der Waals surface area contributed by atoms with Crippen LogP contribution in [-0.4, -0.2) is 29.7 Å². The van der Waals surface area contributed by atoms with E-state index in [0.717, 1.165) is 13.6 Å². The molecule has 0 saturated heterocycles. The molecule has 50 heavy (non-hydrogen) atoms. The van der Waals surface area contributed by atoms with Gasteiger partial charge in [-0.2, -0.15) is 0 Å². The summed E-state index contributed by atoms with van der Waals surface area (Å²) in [5, 5.41) is 0. The Morgan fingerprint density at radius 3 is 2.32 bits per heavy atom. The van der Waals surface area contributed by atoms with Crippen molar-refractivity contribution < 1.29 is 28.2 Å². The van der Waals surface area contributed by atoms with Crippen LogP contribution < -0.4 is 19.6 Å². The van der Waals surface area contributed by atoms with Crippen molar-refractivity contribution in [1.82, 2.24) is 4.57 Å². The van der Waals surface area contributed by atoms with E-state index in [1.54, 1.807) is 56.3 Å². The summed E-state index contributed by atoms with van der Waals surface area (Å²) >= 11 is 6.93. The molecule has 8 nitrogen and oxygen atoms in total. The van der Waals surface area contributed by atoms with Crippen LogP contribution in [0.15, 0.2) is 111 Å². The molecule has 254 valence electrons. The summed E-state index contributed by atoms with van der Waals surface area (Å²) in [7, 11) is 0. The number of aromatic nitrogens is 1. The van der Waals surface area contributed by atoms with Crippen molar-refractivity contribution in [2.45, 2.75) is 26.5 Å². The van der Waals surface area contributed by atoms with Crippen LogP contribution in [0.1, 0.15) is 52.5 Å². The van der Waals surface area contributed by atoms with E-state index >= 15 is 0 Å². The van der Waals surface area contributed by atoms with Crippen molar-refractivity contribution in [3.63, 3.8) is 0 Å². The molecular weight excluding hydrogens is 838 g/mol. The van der Waals surface area contributed by atoms with E-state index in [9.17, 15) is 18.8 Å². The van der Waals surface area contributed by atoms with E-state index < -0.39 is 23.8 Å². The van der Waals surface area contributed by atoms with Crippen LogP contribution in [0, 0.1) is 9.39 Å². The first-order valence-electron chi connectivity index (χ1n) is 15.6. The molecule has 0 radical (unpaired) electrons. The van der Waals surface area contributed by atoms with Crippen molar-refractivity contribution in [3.05, 3.63) is 158 Å². The number of halogens is 3. The maximum Gasteiger partial charge on any atom is 0.338 e. The number of carbonyl (C=O) groups is 2. The monoisotopic (exact) mass is 866 g/mol. The Labute approximate surface area is 312 Å². The number of carbonyl (C=O) groups excluding carboxylic acids is 2. The minimum Gasteiger partial charge on any atom is -0.487 e. The summed E-state index contributed by atoms with van der Waals surface area (Å²) in [4.78, 5) is 45.4. The molecule has 4 aromatic carbocycles. The third-order valence-corrected chi connectivity index (χ3v) is 9.97. The third kappa shape index (κ3) is 7.52. The van der Waals surface area contributed by atoms with Crippen molar-refractivity contribution in [2.24, 2.45) is 4.99 Å². The molecule has 2 heterocycles. The number of esters is 2. The molecule has 0 N–H and O–H groups in total. The lowest BCUT2D eigenvalue weighted by atomic mass is 9.93. The SMILES string of the molecule is CCOC(=O)C1=C(c2ccccc2)N=c2s/c(=C\c3cc(Br)cc(I)c3OCc3ccc(C(=O)OCC)cc3)c(=O)n2[C@@H]1c1ccc(F)cc1. The lowest BCUT2D eigenvalue weighted by Crippen LogP contribution is -2.40. The first-order chi connectivity index (χ1) is 24.2. The van der Waals surface area contributed by atoms with Gasteiger partial charge in [0.25, 0.3) is 5.56 Å². The fourth-order valence-electron chi connectivity index (χ4n) is 5.49. The van der Waals surface area contributed by atoms with Gasteiger partial charge in [-0.1, -0.05) is 81.9 Å². The van der Waals surface area contributed by atoms with Gasteiger partial charge in [0.1, 0.15) is 18.2 Å². The highest BCUT2D eigenvalue weighted by Crippen LogP contribution is 2.36. The van der Waals surface area contributed by atoms with Crippen LogP contribution in [-0.2, 0) is 20.9 Å². The molecular formula is C38H29BrFIN2O6S. The number of fused-ring (bicyclic) bond motifs is 1. The molecule has 1 aliphatic heterocycles. The maximum absolute atomic E-state index is 14.4. The first-order valence-corrected chi connectivity index (χ1v) is 18.3. The second-order valence-electron chi connectivity index (χ2n) is 11.0. The number of ether oxygens (including phenoxy) is 3. The Morgan fingerprint density at radius 2 is 1.64 bits per heavy atom. The molecule has 0 fully saturated rings. The molecule has 6 rings (SSSR count). The Hall–Kier alpha value is -4.40. The average molecular weight is 868 g/mol. The van der Waals surface area contributed by atoms with Gasteiger partial charge in [0.15, 0.2) is 4.80 Å². The molecule has 0 aliphatic carbocycles. The second-order valence-corrected chi connectivity index (χ2v) is 14.1. The molecule has 1 aliphatic rings. The first kappa shape index (κ1) is 35.4. The lowest BCUT2D eigenvalue weighted by molar-refractivity contribution is -0.138. The summed E-state index contributed by atoms with van der Waals surface area (Å²) in [6.45, 7) is 4.08. The molecule has 0 saturated carbocycles. The Kier molecular flexibility index (Phi) is 11.1. The summed E-state index contributed by atoms with van der Waals surface area (Å²) in [6.07, 6.45) is 1.74. The van der Waals surface area contributed by atoms with Crippen molar-refractivity contribution in [1.29, 1.82) is 0 Å². The van der Waals surface area contributed by atoms with E-state index in [4.69, 9.17) is 19.2 Å². The zero-order chi connectivity index (χ0) is 35.4. The van der Waals surface area contributed by atoms with Crippen LogP contribution >= 0.6 is 49.9 Å². The van der Waals surface area contributed by atoms with Gasteiger partial charge < -0.3 is 14.2 Å². The van der Waals surface area contributed by atoms with E-state index in [1.807, 2.05) is 42.5 Å². The standard InChI is InChI=1S/C38H29BrFIN2O6S/c1-3-47-36(45)25-12-10-22(11-13-25)21-49-34-26(18-27(39)20-29(34)41)19-30-35(44)43-33(24-14-16-28(40)17-15-24)31(37(46)48-4-2)32(42-38(43)50-30)23-8-6-5-7-9-23/h5-20,33H,3-4,21H2,1-2H3/b30-19-/t33-/m1/s1. The van der Waals surface area contributed by atoms with Gasteiger partial charge in [0, 0.05) is 15.6 Å². The number of hydrogen-bond acceptors (Lipinski definition) is 8. The molecule has 1 aromatic heterocycles. The number of hydrogen-bond donors (Lipinski definition) is 0. The fraction of sp³-hybridized carbons (Fsp3) is 0.158. The van der Waals surface area contributed by atoms with Crippen LogP contribution in [0.5, 0.6) is 5.75 Å². The highest BCUT2D eigenvalue weighted by Gasteiger charge is 2.35. The summed E-state index contributed by atoms with van der Waals surface area (Å²) in [5.41, 5.74) is 3.30. The number of nitrogens with zero attached hydrogens (tertiary/aromatic N) is 2. The minimum atomic E-state index is -0.931. The van der Waals surface area contributed by atoms with Crippen LogP contribution in [0.3, 0.4) is 0 Å². The quantitative estimate of drug-likeness (QED) is 0.109. The molecule has 12 heteroatoms. The van der Waals surface area contributed by atoms with Gasteiger partial charge in [-0.05, 0) is 90.0 Å². The van der Waals surface area contributed by atoms with Crippen molar-refractivity contribution in [3.8, 4) is 5.75 Å². The zero-order valence-electron chi connectivity index (χ0n) is 26.8. The van der Waals surface area contributed by atoms with Gasteiger partial charge >= 0.3 is 11.9 Å². The number of benzene rings is 4. The highest BCUT2D eigenvalue weighted by atomic mass is 127. The zero-order valence-corrected chi connectivity index (χ0v) is 31.4. The predicted octanol–water partition coefficient (Wildman–Crippen LogP) is 7.20. The Balaban J connectivity index is 1.48. The Morgan fingerprint density at radius 1 is 0.960 bits per heavy atom.